The number of hydrogen-bond acceptors (Lipinski definition) is 4. The minimum atomic E-state index is -0.410. The molecule has 0 aliphatic carbocycles. The normalized spacial score (nSPS) is 17.8. The Bertz CT molecular complexity index is 700. The van der Waals surface area contributed by atoms with Crippen molar-refractivity contribution < 1.29 is 19.1 Å². The summed E-state index contributed by atoms with van der Waals surface area (Å²) >= 11 is 3.30. The lowest BCUT2D eigenvalue weighted by Gasteiger charge is -2.25. The lowest BCUT2D eigenvalue weighted by molar-refractivity contribution is -0.130. The van der Waals surface area contributed by atoms with Gasteiger partial charge in [-0.1, -0.05) is 15.9 Å². The van der Waals surface area contributed by atoms with Crippen LogP contribution in [0.3, 0.4) is 0 Å². The maximum absolute atomic E-state index is 12.4. The number of likely N-dealkylation sites (N-methyl/N-ethyl adjacent to an activating group) is 1. The first-order valence-corrected chi connectivity index (χ1v) is 9.24. The number of imide groups is 1. The molecule has 3 amide bonds. The van der Waals surface area contributed by atoms with Crippen molar-refractivity contribution >= 4 is 33.7 Å². The van der Waals surface area contributed by atoms with Crippen LogP contribution in [-0.2, 0) is 9.53 Å². The second kappa shape index (κ2) is 7.66. The predicted molar refractivity (Wildman–Crippen MR) is 95.3 cm³/mol. The van der Waals surface area contributed by atoms with Crippen LogP contribution in [0.4, 0.5) is 0 Å². The molecule has 1 aromatic carbocycles. The molecule has 0 unspecified atom stereocenters. The highest BCUT2D eigenvalue weighted by atomic mass is 79.9. The van der Waals surface area contributed by atoms with Crippen molar-refractivity contribution in [2.45, 2.75) is 19.3 Å². The second-order valence-corrected chi connectivity index (χ2v) is 7.46. The summed E-state index contributed by atoms with van der Waals surface area (Å²) in [6.07, 6.45) is 2.96. The summed E-state index contributed by atoms with van der Waals surface area (Å²) in [5.41, 5.74) is 0.697. The monoisotopic (exact) mass is 408 g/mol. The Balaban J connectivity index is 1.57. The van der Waals surface area contributed by atoms with Gasteiger partial charge in [-0.2, -0.15) is 0 Å². The molecule has 3 rings (SSSR count). The van der Waals surface area contributed by atoms with Crippen molar-refractivity contribution in [3.05, 3.63) is 33.8 Å². The number of fused-ring (bicyclic) bond motifs is 1. The summed E-state index contributed by atoms with van der Waals surface area (Å²) in [7, 11) is 1.72. The number of hydrogen-bond donors (Lipinski definition) is 0. The number of nitrogens with zero attached hydrogens (tertiary/aromatic N) is 2. The molecule has 0 N–H and O–H groups in total. The maximum atomic E-state index is 12.4. The van der Waals surface area contributed by atoms with E-state index in [1.54, 1.807) is 30.1 Å². The molecule has 0 radical (unpaired) electrons. The fourth-order valence-corrected chi connectivity index (χ4v) is 3.56. The fraction of sp³-hybridized carbons (Fsp3) is 0.500. The Kier molecular flexibility index (Phi) is 5.54. The molecule has 1 fully saturated rings. The summed E-state index contributed by atoms with van der Waals surface area (Å²) in [5, 5.41) is 0. The van der Waals surface area contributed by atoms with Crippen LogP contribution in [0.25, 0.3) is 0 Å². The van der Waals surface area contributed by atoms with E-state index in [1.807, 2.05) is 0 Å². The van der Waals surface area contributed by atoms with E-state index in [9.17, 15) is 14.4 Å². The van der Waals surface area contributed by atoms with Gasteiger partial charge in [-0.15, -0.1) is 0 Å². The largest absolute Gasteiger partial charge is 0.381 e. The number of carbonyl (C=O) groups is 3. The van der Waals surface area contributed by atoms with E-state index in [0.29, 0.717) is 23.6 Å². The van der Waals surface area contributed by atoms with Crippen molar-refractivity contribution in [1.29, 1.82) is 0 Å². The van der Waals surface area contributed by atoms with Crippen LogP contribution in [0.5, 0.6) is 0 Å². The molecule has 2 heterocycles. The van der Waals surface area contributed by atoms with E-state index in [0.717, 1.165) is 41.8 Å². The van der Waals surface area contributed by atoms with Gasteiger partial charge in [0.2, 0.25) is 5.91 Å². The van der Waals surface area contributed by atoms with Crippen molar-refractivity contribution in [2.24, 2.45) is 5.92 Å². The Morgan fingerprint density at radius 2 is 1.92 bits per heavy atom. The van der Waals surface area contributed by atoms with Crippen molar-refractivity contribution in [3.8, 4) is 0 Å². The highest BCUT2D eigenvalue weighted by Crippen LogP contribution is 2.26. The summed E-state index contributed by atoms with van der Waals surface area (Å²) in [6, 6.07) is 4.95. The summed E-state index contributed by atoms with van der Waals surface area (Å²) in [6.45, 7) is 1.98. The lowest BCUT2D eigenvalue weighted by atomic mass is 9.96. The minimum Gasteiger partial charge on any atom is -0.381 e. The van der Waals surface area contributed by atoms with Crippen LogP contribution >= 0.6 is 15.9 Å². The van der Waals surface area contributed by atoms with E-state index in [2.05, 4.69) is 15.9 Å². The van der Waals surface area contributed by atoms with Gasteiger partial charge in [0.15, 0.2) is 0 Å². The smallest absolute Gasteiger partial charge is 0.262 e. The molecule has 1 aromatic rings. The molecule has 0 aromatic heterocycles. The van der Waals surface area contributed by atoms with Crippen LogP contribution in [0.15, 0.2) is 22.7 Å². The standard InChI is InChI=1S/C18H21BrN2O4/c1-20(7-4-12-5-8-25-9-6-12)16(22)11-21-17(23)14-3-2-13(19)10-15(14)18(21)24/h2-3,10,12H,4-9,11H2,1H3. The molecule has 6 nitrogen and oxygen atoms in total. The van der Waals surface area contributed by atoms with Gasteiger partial charge in [0, 0.05) is 31.3 Å². The van der Waals surface area contributed by atoms with Gasteiger partial charge < -0.3 is 9.64 Å². The zero-order valence-corrected chi connectivity index (χ0v) is 15.8. The Hall–Kier alpha value is -1.73. The first kappa shape index (κ1) is 18.1. The molecule has 0 spiro atoms. The Morgan fingerprint density at radius 3 is 2.64 bits per heavy atom. The number of ether oxygens (including phenoxy) is 1. The second-order valence-electron chi connectivity index (χ2n) is 6.55. The fourth-order valence-electron chi connectivity index (χ4n) is 3.20. The topological polar surface area (TPSA) is 66.9 Å². The number of benzene rings is 1. The first-order chi connectivity index (χ1) is 12.0. The van der Waals surface area contributed by atoms with Gasteiger partial charge in [-0.25, -0.2) is 0 Å². The van der Waals surface area contributed by atoms with Gasteiger partial charge >= 0.3 is 0 Å². The molecule has 2 aliphatic rings. The molecule has 25 heavy (non-hydrogen) atoms. The number of rotatable bonds is 5. The third-order valence-electron chi connectivity index (χ3n) is 4.87. The van der Waals surface area contributed by atoms with Gasteiger partial charge in [0.05, 0.1) is 11.1 Å². The average Bonchev–Trinajstić information content (AvgIpc) is 2.85. The molecule has 2 aliphatic heterocycles. The zero-order chi connectivity index (χ0) is 18.0. The van der Waals surface area contributed by atoms with Crippen molar-refractivity contribution in [2.75, 3.05) is 33.4 Å². The van der Waals surface area contributed by atoms with E-state index in [4.69, 9.17) is 4.74 Å². The third-order valence-corrected chi connectivity index (χ3v) is 5.36. The van der Waals surface area contributed by atoms with E-state index >= 15 is 0 Å². The van der Waals surface area contributed by atoms with E-state index < -0.39 is 11.8 Å². The number of halogens is 1. The van der Waals surface area contributed by atoms with Gasteiger partial charge in [0.1, 0.15) is 6.54 Å². The van der Waals surface area contributed by atoms with Crippen LogP contribution < -0.4 is 0 Å². The summed E-state index contributed by atoms with van der Waals surface area (Å²) in [4.78, 5) is 39.9. The first-order valence-electron chi connectivity index (χ1n) is 8.45. The van der Waals surface area contributed by atoms with Crippen LogP contribution in [0, 0.1) is 5.92 Å². The van der Waals surface area contributed by atoms with Gasteiger partial charge in [0.25, 0.3) is 11.8 Å². The predicted octanol–water partition coefficient (Wildman–Crippen LogP) is 2.32. The summed E-state index contributed by atoms with van der Waals surface area (Å²) < 4.78 is 6.07. The molecule has 0 bridgehead atoms. The van der Waals surface area contributed by atoms with Gasteiger partial charge in [-0.05, 0) is 43.4 Å². The molecule has 134 valence electrons. The molecule has 0 saturated carbocycles. The minimum absolute atomic E-state index is 0.214. The zero-order valence-electron chi connectivity index (χ0n) is 14.2. The maximum Gasteiger partial charge on any atom is 0.262 e. The molecule has 7 heteroatoms. The van der Waals surface area contributed by atoms with Crippen LogP contribution in [-0.4, -0.2) is 60.9 Å². The molecule has 1 saturated heterocycles. The SMILES string of the molecule is CN(CCC1CCOCC1)C(=O)CN1C(=O)c2ccc(Br)cc2C1=O. The number of amides is 3. The molecule has 0 atom stereocenters. The van der Waals surface area contributed by atoms with E-state index in [-0.39, 0.29) is 12.5 Å². The highest BCUT2D eigenvalue weighted by Gasteiger charge is 2.37. The van der Waals surface area contributed by atoms with Gasteiger partial charge in [-0.3, -0.25) is 19.3 Å². The lowest BCUT2D eigenvalue weighted by Crippen LogP contribution is -2.41. The van der Waals surface area contributed by atoms with E-state index in [1.165, 1.54) is 0 Å². The quantitative estimate of drug-likeness (QED) is 0.701. The average molecular weight is 409 g/mol. The third kappa shape index (κ3) is 3.93. The number of carbonyl (C=O) groups excluding carboxylic acids is 3. The van der Waals surface area contributed by atoms with Crippen molar-refractivity contribution in [3.63, 3.8) is 0 Å². The Morgan fingerprint density at radius 1 is 1.24 bits per heavy atom. The Labute approximate surface area is 155 Å². The molecular formula is C18H21BrN2O4. The van der Waals surface area contributed by atoms with Crippen LogP contribution in [0.1, 0.15) is 40.0 Å². The highest BCUT2D eigenvalue weighted by molar-refractivity contribution is 9.10. The van der Waals surface area contributed by atoms with Crippen LogP contribution in [0.2, 0.25) is 0 Å². The molecular weight excluding hydrogens is 388 g/mol. The van der Waals surface area contributed by atoms with Crippen molar-refractivity contribution in [1.82, 2.24) is 9.80 Å². The summed E-state index contributed by atoms with van der Waals surface area (Å²) in [5.74, 6) is -0.465.